The molecule has 1 aliphatic heterocycles. The molecule has 1 aliphatic rings. The van der Waals surface area contributed by atoms with E-state index < -0.39 is 0 Å². The lowest BCUT2D eigenvalue weighted by Crippen LogP contribution is -2.30. The molecule has 0 aliphatic carbocycles. The Morgan fingerprint density at radius 3 is 2.75 bits per heavy atom. The fourth-order valence-electron chi connectivity index (χ4n) is 3.04. The summed E-state index contributed by atoms with van der Waals surface area (Å²) in [4.78, 5) is 25.5. The molecule has 24 heavy (non-hydrogen) atoms. The Labute approximate surface area is 141 Å². The molecule has 3 heterocycles. The molecule has 0 unspecified atom stereocenters. The van der Waals surface area contributed by atoms with Crippen molar-refractivity contribution >= 4 is 22.8 Å². The van der Waals surface area contributed by atoms with Crippen molar-refractivity contribution < 1.29 is 4.79 Å². The fourth-order valence-corrected chi connectivity index (χ4v) is 3.04. The van der Waals surface area contributed by atoms with E-state index in [2.05, 4.69) is 25.3 Å². The summed E-state index contributed by atoms with van der Waals surface area (Å²) < 4.78 is 1.66. The van der Waals surface area contributed by atoms with Gasteiger partial charge in [-0.3, -0.25) is 9.48 Å². The van der Waals surface area contributed by atoms with E-state index >= 15 is 0 Å². The van der Waals surface area contributed by atoms with Gasteiger partial charge in [-0.25, -0.2) is 9.97 Å². The Morgan fingerprint density at radius 1 is 1.29 bits per heavy atom. The second kappa shape index (κ2) is 7.12. The lowest BCUT2D eigenvalue weighted by Gasteiger charge is -2.15. The molecule has 1 fully saturated rings. The quantitative estimate of drug-likeness (QED) is 0.783. The van der Waals surface area contributed by atoms with E-state index in [1.54, 1.807) is 10.9 Å². The summed E-state index contributed by atoms with van der Waals surface area (Å²) in [5.74, 6) is 0.661. The van der Waals surface area contributed by atoms with Gasteiger partial charge in [0.2, 0.25) is 5.82 Å². The summed E-state index contributed by atoms with van der Waals surface area (Å²) >= 11 is 0. The van der Waals surface area contributed by atoms with Crippen LogP contribution in [0, 0.1) is 0 Å². The van der Waals surface area contributed by atoms with Gasteiger partial charge in [0.05, 0.1) is 11.6 Å². The summed E-state index contributed by atoms with van der Waals surface area (Å²) in [5, 5.41) is 7.98. The number of hydrogen-bond donors (Lipinski definition) is 1. The number of nitrogens with one attached hydrogen (secondary N) is 1. The molecule has 0 bridgehead atoms. The van der Waals surface area contributed by atoms with Crippen molar-refractivity contribution in [3.05, 3.63) is 12.0 Å². The van der Waals surface area contributed by atoms with Crippen LogP contribution >= 0.6 is 0 Å². The van der Waals surface area contributed by atoms with Crippen LogP contribution in [0.5, 0.6) is 0 Å². The number of aromatic nitrogens is 4. The van der Waals surface area contributed by atoms with Crippen molar-refractivity contribution in [1.29, 1.82) is 0 Å². The van der Waals surface area contributed by atoms with Crippen LogP contribution < -0.4 is 10.2 Å². The monoisotopic (exact) mass is 331 g/mol. The third-order valence-corrected chi connectivity index (χ3v) is 4.33. The standard InChI is InChI=1S/C16H25N7O/c1-21(2)14-12-11-18-22(3)15(12)20-13(19-14)16(24)17-7-6-10-23-8-4-5-9-23/h11H,4-10H2,1-3H3,(H,17,24). The van der Waals surface area contributed by atoms with Crippen LogP contribution in [0.3, 0.4) is 0 Å². The molecule has 1 amide bonds. The lowest BCUT2D eigenvalue weighted by molar-refractivity contribution is 0.0942. The van der Waals surface area contributed by atoms with Gasteiger partial charge >= 0.3 is 0 Å². The van der Waals surface area contributed by atoms with E-state index in [4.69, 9.17) is 0 Å². The van der Waals surface area contributed by atoms with E-state index in [1.165, 1.54) is 25.9 Å². The smallest absolute Gasteiger partial charge is 0.289 e. The first-order valence-corrected chi connectivity index (χ1v) is 8.44. The maximum Gasteiger partial charge on any atom is 0.289 e. The van der Waals surface area contributed by atoms with E-state index in [0.717, 1.165) is 18.4 Å². The van der Waals surface area contributed by atoms with Gasteiger partial charge in [0, 0.05) is 27.7 Å². The van der Waals surface area contributed by atoms with Crippen molar-refractivity contribution in [3.8, 4) is 0 Å². The highest BCUT2D eigenvalue weighted by atomic mass is 16.2. The van der Waals surface area contributed by atoms with E-state index in [-0.39, 0.29) is 11.7 Å². The van der Waals surface area contributed by atoms with Gasteiger partial charge in [0.1, 0.15) is 5.82 Å². The van der Waals surface area contributed by atoms with Crippen LogP contribution in [0.4, 0.5) is 5.82 Å². The molecule has 1 saturated heterocycles. The van der Waals surface area contributed by atoms with Crippen LogP contribution in [0.25, 0.3) is 11.0 Å². The van der Waals surface area contributed by atoms with Crippen LogP contribution in [0.2, 0.25) is 0 Å². The molecule has 8 nitrogen and oxygen atoms in total. The first-order valence-electron chi connectivity index (χ1n) is 8.44. The fraction of sp³-hybridized carbons (Fsp3) is 0.625. The normalized spacial score (nSPS) is 15.1. The van der Waals surface area contributed by atoms with Crippen LogP contribution in [0.15, 0.2) is 6.20 Å². The molecule has 1 N–H and O–H groups in total. The number of fused-ring (bicyclic) bond motifs is 1. The number of aryl methyl sites for hydroxylation is 1. The number of amides is 1. The van der Waals surface area contributed by atoms with Gasteiger partial charge in [0.25, 0.3) is 5.91 Å². The Balaban J connectivity index is 1.66. The van der Waals surface area contributed by atoms with Crippen molar-refractivity contribution in [2.45, 2.75) is 19.3 Å². The predicted molar refractivity (Wildman–Crippen MR) is 93.3 cm³/mol. The molecule has 0 aromatic carbocycles. The number of anilines is 1. The van der Waals surface area contributed by atoms with Gasteiger partial charge in [0.15, 0.2) is 5.65 Å². The van der Waals surface area contributed by atoms with Crippen molar-refractivity contribution in [1.82, 2.24) is 30.0 Å². The number of rotatable bonds is 6. The Kier molecular flexibility index (Phi) is 4.94. The highest BCUT2D eigenvalue weighted by Crippen LogP contribution is 2.21. The van der Waals surface area contributed by atoms with Crippen LogP contribution in [0.1, 0.15) is 29.9 Å². The Bertz CT molecular complexity index is 719. The van der Waals surface area contributed by atoms with Crippen molar-refractivity contribution in [3.63, 3.8) is 0 Å². The maximum atomic E-state index is 12.4. The predicted octanol–water partition coefficient (Wildman–Crippen LogP) is 0.645. The molecule has 2 aromatic heterocycles. The van der Waals surface area contributed by atoms with Crippen molar-refractivity contribution in [2.24, 2.45) is 7.05 Å². The minimum Gasteiger partial charge on any atom is -0.362 e. The molecular formula is C16H25N7O. The molecular weight excluding hydrogens is 306 g/mol. The number of hydrogen-bond acceptors (Lipinski definition) is 6. The number of likely N-dealkylation sites (tertiary alicyclic amines) is 1. The second-order valence-corrected chi connectivity index (χ2v) is 6.43. The van der Waals surface area contributed by atoms with Crippen LogP contribution in [-0.4, -0.2) is 70.8 Å². The zero-order valence-corrected chi connectivity index (χ0v) is 14.6. The molecule has 0 radical (unpaired) electrons. The largest absolute Gasteiger partial charge is 0.362 e. The highest BCUT2D eigenvalue weighted by molar-refractivity contribution is 5.95. The van der Waals surface area contributed by atoms with Crippen LogP contribution in [-0.2, 0) is 7.05 Å². The Morgan fingerprint density at radius 2 is 2.04 bits per heavy atom. The van der Waals surface area contributed by atoms with Gasteiger partial charge in [-0.15, -0.1) is 0 Å². The van der Waals surface area contributed by atoms with Crippen molar-refractivity contribution in [2.75, 3.05) is 45.2 Å². The topological polar surface area (TPSA) is 79.2 Å². The summed E-state index contributed by atoms with van der Waals surface area (Å²) in [5.41, 5.74) is 0.663. The average Bonchev–Trinajstić information content (AvgIpc) is 3.20. The molecule has 130 valence electrons. The minimum atomic E-state index is -0.234. The minimum absolute atomic E-state index is 0.191. The van der Waals surface area contributed by atoms with Gasteiger partial charge in [-0.05, 0) is 38.9 Å². The molecule has 0 spiro atoms. The van der Waals surface area contributed by atoms with Gasteiger partial charge in [-0.2, -0.15) is 5.10 Å². The highest BCUT2D eigenvalue weighted by Gasteiger charge is 2.17. The SMILES string of the molecule is CN(C)c1nc(C(=O)NCCCN2CCCC2)nc2c1cnn2C. The second-order valence-electron chi connectivity index (χ2n) is 6.43. The molecule has 2 aromatic rings. The van der Waals surface area contributed by atoms with E-state index in [0.29, 0.717) is 18.0 Å². The summed E-state index contributed by atoms with van der Waals surface area (Å²) in [6, 6.07) is 0. The number of nitrogens with zero attached hydrogens (tertiary/aromatic N) is 6. The zero-order chi connectivity index (χ0) is 17.1. The summed E-state index contributed by atoms with van der Waals surface area (Å²) in [7, 11) is 5.60. The first-order chi connectivity index (χ1) is 11.6. The van der Waals surface area contributed by atoms with E-state index in [1.807, 2.05) is 26.0 Å². The molecule has 0 saturated carbocycles. The zero-order valence-electron chi connectivity index (χ0n) is 14.6. The summed E-state index contributed by atoms with van der Waals surface area (Å²) in [6.45, 7) is 4.03. The molecule has 0 atom stereocenters. The van der Waals surface area contributed by atoms with Gasteiger partial charge < -0.3 is 15.1 Å². The van der Waals surface area contributed by atoms with E-state index in [9.17, 15) is 4.79 Å². The average molecular weight is 331 g/mol. The number of carbonyl (C=O) groups excluding carboxylic acids is 1. The summed E-state index contributed by atoms with van der Waals surface area (Å²) in [6.07, 6.45) is 5.25. The maximum absolute atomic E-state index is 12.4. The Hall–Kier alpha value is -2.22. The third-order valence-electron chi connectivity index (χ3n) is 4.33. The van der Waals surface area contributed by atoms with Gasteiger partial charge in [-0.1, -0.05) is 0 Å². The lowest BCUT2D eigenvalue weighted by atomic mass is 10.3. The third kappa shape index (κ3) is 3.48. The first kappa shape index (κ1) is 16.6. The molecule has 3 rings (SSSR count). The number of carbonyl (C=O) groups is 1. The molecule has 8 heteroatoms.